The summed E-state index contributed by atoms with van der Waals surface area (Å²) in [5.74, 6) is 0.245. The van der Waals surface area contributed by atoms with Crippen molar-refractivity contribution >= 4 is 11.9 Å². The summed E-state index contributed by atoms with van der Waals surface area (Å²) >= 11 is 0. The fourth-order valence-corrected chi connectivity index (χ4v) is 2.77. The summed E-state index contributed by atoms with van der Waals surface area (Å²) in [5.41, 5.74) is 1.32. The molecule has 1 unspecified atom stereocenters. The highest BCUT2D eigenvalue weighted by Crippen LogP contribution is 2.26. The maximum Gasteiger partial charge on any atom is 0.321 e. The van der Waals surface area contributed by atoms with Gasteiger partial charge in [-0.25, -0.2) is 4.79 Å². The van der Waals surface area contributed by atoms with Crippen LogP contribution in [0.15, 0.2) is 30.3 Å². The molecule has 2 rings (SSSR count). The minimum Gasteiger partial charge on any atom is -0.338 e. The fourth-order valence-electron chi connectivity index (χ4n) is 2.77. The highest BCUT2D eigenvalue weighted by Gasteiger charge is 2.25. The van der Waals surface area contributed by atoms with Gasteiger partial charge in [0, 0.05) is 13.1 Å². The van der Waals surface area contributed by atoms with Crippen LogP contribution in [0.3, 0.4) is 0 Å². The van der Waals surface area contributed by atoms with Crippen molar-refractivity contribution in [2.24, 2.45) is 0 Å². The third-order valence-corrected chi connectivity index (χ3v) is 3.98. The molecule has 0 aromatic heterocycles. The molecule has 1 saturated heterocycles. The Morgan fingerprint density at radius 2 is 2.05 bits per heavy atom. The normalized spacial score (nSPS) is 18.1. The van der Waals surface area contributed by atoms with Gasteiger partial charge in [-0.05, 0) is 30.9 Å². The van der Waals surface area contributed by atoms with Crippen LogP contribution >= 0.6 is 0 Å². The van der Waals surface area contributed by atoms with E-state index in [4.69, 9.17) is 0 Å². The summed E-state index contributed by atoms with van der Waals surface area (Å²) in [6.07, 6.45) is 3.00. The Morgan fingerprint density at radius 3 is 2.77 bits per heavy atom. The molecule has 1 atom stereocenters. The molecule has 1 aromatic carbocycles. The molecule has 1 aliphatic rings. The van der Waals surface area contributed by atoms with Crippen molar-refractivity contribution in [1.29, 1.82) is 0 Å². The minimum absolute atomic E-state index is 0.234. The second kappa shape index (κ2) is 8.54. The van der Waals surface area contributed by atoms with Gasteiger partial charge in [0.25, 0.3) is 0 Å². The summed E-state index contributed by atoms with van der Waals surface area (Å²) in [6.45, 7) is 4.71. The van der Waals surface area contributed by atoms with E-state index in [9.17, 15) is 9.59 Å². The van der Waals surface area contributed by atoms with E-state index in [1.165, 1.54) is 5.56 Å². The first-order valence-electron chi connectivity index (χ1n) is 8.04. The first-order valence-corrected chi connectivity index (χ1v) is 8.04. The fraction of sp³-hybridized carbons (Fsp3) is 0.529. The van der Waals surface area contributed by atoms with E-state index in [-0.39, 0.29) is 12.5 Å². The van der Waals surface area contributed by atoms with E-state index in [2.05, 4.69) is 34.6 Å². The van der Waals surface area contributed by atoms with Gasteiger partial charge in [-0.15, -0.1) is 0 Å². The van der Waals surface area contributed by atoms with Gasteiger partial charge < -0.3 is 5.32 Å². The number of carbonyl (C=O) groups excluding carboxylic acids is 2. The highest BCUT2D eigenvalue weighted by atomic mass is 16.2. The van der Waals surface area contributed by atoms with Crippen molar-refractivity contribution in [1.82, 2.24) is 15.5 Å². The zero-order chi connectivity index (χ0) is 15.8. The second-order valence-electron chi connectivity index (χ2n) is 5.79. The van der Waals surface area contributed by atoms with Gasteiger partial charge in [0.2, 0.25) is 5.91 Å². The molecule has 3 amide bonds. The molecule has 1 heterocycles. The number of imide groups is 1. The lowest BCUT2D eigenvalue weighted by Crippen LogP contribution is -2.44. The van der Waals surface area contributed by atoms with Crippen molar-refractivity contribution in [3.63, 3.8) is 0 Å². The zero-order valence-corrected chi connectivity index (χ0v) is 13.2. The minimum atomic E-state index is -0.391. The number of unbranched alkanes of at least 4 members (excludes halogenated alkanes) is 1. The summed E-state index contributed by atoms with van der Waals surface area (Å²) in [5, 5.41) is 5.07. The van der Waals surface area contributed by atoms with E-state index in [1.807, 2.05) is 18.2 Å². The largest absolute Gasteiger partial charge is 0.338 e. The van der Waals surface area contributed by atoms with Crippen LogP contribution in [0.2, 0.25) is 0 Å². The van der Waals surface area contributed by atoms with Gasteiger partial charge in [-0.1, -0.05) is 43.7 Å². The molecule has 2 N–H and O–H groups in total. The smallest absolute Gasteiger partial charge is 0.321 e. The predicted molar refractivity (Wildman–Crippen MR) is 86.7 cm³/mol. The van der Waals surface area contributed by atoms with Crippen LogP contribution in [-0.4, -0.2) is 43.0 Å². The van der Waals surface area contributed by atoms with Crippen LogP contribution in [-0.2, 0) is 4.79 Å². The average molecular weight is 303 g/mol. The Labute approximate surface area is 132 Å². The third kappa shape index (κ3) is 5.15. The number of hydrogen-bond donors (Lipinski definition) is 2. The van der Waals surface area contributed by atoms with Gasteiger partial charge in [-0.2, -0.15) is 0 Å². The van der Waals surface area contributed by atoms with Gasteiger partial charge in [0.05, 0.1) is 6.54 Å². The molecule has 0 saturated carbocycles. The Kier molecular flexibility index (Phi) is 6.40. The first kappa shape index (κ1) is 16.5. The number of nitrogens with one attached hydrogen (secondary N) is 2. The number of amides is 3. The molecule has 1 fully saturated rings. The number of nitrogens with zero attached hydrogens (tertiary/aromatic N) is 1. The monoisotopic (exact) mass is 303 g/mol. The van der Waals surface area contributed by atoms with Crippen molar-refractivity contribution in [2.45, 2.75) is 32.1 Å². The summed E-state index contributed by atoms with van der Waals surface area (Å²) in [6, 6.07) is 9.99. The number of rotatable bonds is 6. The molecule has 0 aliphatic carbocycles. The third-order valence-electron chi connectivity index (χ3n) is 3.98. The van der Waals surface area contributed by atoms with Crippen LogP contribution < -0.4 is 10.6 Å². The van der Waals surface area contributed by atoms with Crippen LogP contribution in [0.5, 0.6) is 0 Å². The van der Waals surface area contributed by atoms with Crippen LogP contribution in [0, 0.1) is 0 Å². The van der Waals surface area contributed by atoms with Crippen LogP contribution in [0.4, 0.5) is 4.79 Å². The lowest BCUT2D eigenvalue weighted by Gasteiger charge is -2.15. The Morgan fingerprint density at radius 1 is 1.27 bits per heavy atom. The quantitative estimate of drug-likeness (QED) is 0.791. The van der Waals surface area contributed by atoms with Crippen molar-refractivity contribution in [2.75, 3.05) is 26.2 Å². The van der Waals surface area contributed by atoms with Gasteiger partial charge in [0.1, 0.15) is 0 Å². The molecule has 5 nitrogen and oxygen atoms in total. The first-order chi connectivity index (χ1) is 10.7. The molecule has 22 heavy (non-hydrogen) atoms. The number of urea groups is 1. The molecular weight excluding hydrogens is 278 g/mol. The van der Waals surface area contributed by atoms with Crippen molar-refractivity contribution in [3.8, 4) is 0 Å². The van der Waals surface area contributed by atoms with E-state index >= 15 is 0 Å². The Balaban J connectivity index is 1.71. The zero-order valence-electron chi connectivity index (χ0n) is 13.2. The number of carbonyl (C=O) groups is 2. The highest BCUT2D eigenvalue weighted by molar-refractivity contribution is 5.95. The van der Waals surface area contributed by atoms with Gasteiger partial charge in [0.15, 0.2) is 0 Å². The molecule has 5 heteroatoms. The lowest BCUT2D eigenvalue weighted by molar-refractivity contribution is -0.120. The number of benzene rings is 1. The van der Waals surface area contributed by atoms with Gasteiger partial charge >= 0.3 is 6.03 Å². The maximum atomic E-state index is 11.9. The molecule has 0 radical (unpaired) electrons. The van der Waals surface area contributed by atoms with E-state index in [1.54, 1.807) is 0 Å². The molecular formula is C17H25N3O2. The number of likely N-dealkylation sites (tertiary alicyclic amines) is 1. The summed E-state index contributed by atoms with van der Waals surface area (Å²) in [4.78, 5) is 25.5. The van der Waals surface area contributed by atoms with E-state index < -0.39 is 6.03 Å². The molecule has 1 aliphatic heterocycles. The summed E-state index contributed by atoms with van der Waals surface area (Å²) < 4.78 is 0. The predicted octanol–water partition coefficient (Wildman–Crippen LogP) is 2.10. The topological polar surface area (TPSA) is 61.4 Å². The second-order valence-corrected chi connectivity index (χ2v) is 5.79. The SMILES string of the molecule is CCCCNC(=O)NC(=O)CN1CCC(c2ccccc2)C1. The maximum absolute atomic E-state index is 11.9. The van der Waals surface area contributed by atoms with Crippen LogP contribution in [0.1, 0.15) is 37.7 Å². The average Bonchev–Trinajstić information content (AvgIpc) is 2.96. The standard InChI is InChI=1S/C17H25N3O2/c1-2-3-10-18-17(22)19-16(21)13-20-11-9-15(12-20)14-7-5-4-6-8-14/h4-8,15H,2-3,9-13H2,1H3,(H2,18,19,21,22). The van der Waals surface area contributed by atoms with Gasteiger partial charge in [-0.3, -0.25) is 15.0 Å². The number of hydrogen-bond acceptors (Lipinski definition) is 3. The lowest BCUT2D eigenvalue weighted by atomic mass is 9.99. The molecule has 0 spiro atoms. The molecule has 1 aromatic rings. The van der Waals surface area contributed by atoms with E-state index in [0.29, 0.717) is 12.5 Å². The van der Waals surface area contributed by atoms with Crippen molar-refractivity contribution in [3.05, 3.63) is 35.9 Å². The Hall–Kier alpha value is -1.88. The Bertz CT molecular complexity index is 490. The molecule has 0 bridgehead atoms. The van der Waals surface area contributed by atoms with Crippen LogP contribution in [0.25, 0.3) is 0 Å². The van der Waals surface area contributed by atoms with Crippen molar-refractivity contribution < 1.29 is 9.59 Å². The summed E-state index contributed by atoms with van der Waals surface area (Å²) in [7, 11) is 0. The molecule has 120 valence electrons. The van der Waals surface area contributed by atoms with E-state index in [0.717, 1.165) is 32.4 Å².